The summed E-state index contributed by atoms with van der Waals surface area (Å²) in [7, 11) is 2.27. The van der Waals surface area contributed by atoms with Crippen LogP contribution in [0.15, 0.2) is 18.3 Å². The first-order valence-corrected chi connectivity index (χ1v) is 4.26. The van der Waals surface area contributed by atoms with E-state index in [1.54, 1.807) is 4.90 Å². The molecule has 0 radical (unpaired) electrons. The molecule has 0 bridgehead atoms. The van der Waals surface area contributed by atoms with E-state index in [0.717, 1.165) is 0 Å². The quantitative estimate of drug-likeness (QED) is 0.538. The Hall–Kier alpha value is -0.760. The lowest BCUT2D eigenvalue weighted by molar-refractivity contribution is -0.914. The molecular formula is C9H15N2+. The van der Waals surface area contributed by atoms with Gasteiger partial charge in [0.15, 0.2) is 0 Å². The Balaban J connectivity index is 2.38. The van der Waals surface area contributed by atoms with Crippen LogP contribution in [0, 0.1) is 0 Å². The summed E-state index contributed by atoms with van der Waals surface area (Å²) in [6, 6.07) is 5.04. The van der Waals surface area contributed by atoms with E-state index < -0.39 is 0 Å². The van der Waals surface area contributed by atoms with Crippen molar-refractivity contribution < 1.29 is 4.90 Å². The van der Waals surface area contributed by atoms with Crippen molar-refractivity contribution in [3.8, 4) is 0 Å². The van der Waals surface area contributed by atoms with E-state index >= 15 is 0 Å². The van der Waals surface area contributed by atoms with Crippen molar-refractivity contribution in [2.24, 2.45) is 0 Å². The second kappa shape index (κ2) is 2.38. The zero-order chi connectivity index (χ0) is 7.84. The molecule has 11 heavy (non-hydrogen) atoms. The van der Waals surface area contributed by atoms with Crippen molar-refractivity contribution in [1.29, 1.82) is 0 Å². The van der Waals surface area contributed by atoms with Gasteiger partial charge in [0.2, 0.25) is 0 Å². The number of likely N-dealkylation sites (N-methyl/N-ethyl adjacent to an activating group) is 1. The van der Waals surface area contributed by atoms with E-state index in [-0.39, 0.29) is 0 Å². The fraction of sp³-hybridized carbons (Fsp3) is 0.556. The Morgan fingerprint density at radius 1 is 1.64 bits per heavy atom. The molecule has 0 spiro atoms. The van der Waals surface area contributed by atoms with Gasteiger partial charge in [0.05, 0.1) is 25.8 Å². The minimum Gasteiger partial charge on any atom is -0.341 e. The van der Waals surface area contributed by atoms with Gasteiger partial charge in [-0.05, 0) is 19.1 Å². The number of fused-ring (bicyclic) bond motifs is 1. The maximum Gasteiger partial charge on any atom is 0.125 e. The van der Waals surface area contributed by atoms with Crippen LogP contribution in [0.1, 0.15) is 18.7 Å². The number of nitrogens with one attached hydrogen (secondary N) is 1. The average Bonchev–Trinajstić information content (AvgIpc) is 2.45. The molecule has 2 atom stereocenters. The highest BCUT2D eigenvalue weighted by molar-refractivity contribution is 5.10. The Bertz CT molecular complexity index is 252. The third-order valence-electron chi connectivity index (χ3n) is 2.79. The molecule has 0 aliphatic carbocycles. The first-order valence-electron chi connectivity index (χ1n) is 4.26. The third-order valence-corrected chi connectivity index (χ3v) is 2.79. The van der Waals surface area contributed by atoms with Crippen molar-refractivity contribution >= 4 is 0 Å². The zero-order valence-corrected chi connectivity index (χ0v) is 7.17. The van der Waals surface area contributed by atoms with Gasteiger partial charge >= 0.3 is 0 Å². The largest absolute Gasteiger partial charge is 0.341 e. The molecule has 0 amide bonds. The molecule has 2 rings (SSSR count). The monoisotopic (exact) mass is 151 g/mol. The van der Waals surface area contributed by atoms with Crippen LogP contribution in [-0.2, 0) is 6.54 Å². The molecule has 1 aromatic heterocycles. The SMILES string of the molecule is C[C@H]1c2cccn2CC[NH+]1C. The highest BCUT2D eigenvalue weighted by Gasteiger charge is 2.22. The smallest absolute Gasteiger partial charge is 0.125 e. The van der Waals surface area contributed by atoms with Crippen molar-refractivity contribution in [1.82, 2.24) is 4.57 Å². The van der Waals surface area contributed by atoms with Gasteiger partial charge in [0.1, 0.15) is 6.04 Å². The van der Waals surface area contributed by atoms with Gasteiger partial charge in [-0.3, -0.25) is 0 Å². The van der Waals surface area contributed by atoms with Crippen molar-refractivity contribution in [2.45, 2.75) is 19.5 Å². The molecule has 1 aromatic rings. The molecule has 2 heteroatoms. The molecule has 60 valence electrons. The van der Waals surface area contributed by atoms with E-state index in [1.165, 1.54) is 18.8 Å². The second-order valence-corrected chi connectivity index (χ2v) is 3.44. The van der Waals surface area contributed by atoms with Crippen LogP contribution in [-0.4, -0.2) is 18.2 Å². The molecule has 1 aliphatic rings. The van der Waals surface area contributed by atoms with Crippen molar-refractivity contribution in [2.75, 3.05) is 13.6 Å². The summed E-state index contributed by atoms with van der Waals surface area (Å²) >= 11 is 0. The predicted octanol–water partition coefficient (Wildman–Crippen LogP) is 0.0774. The van der Waals surface area contributed by atoms with Crippen LogP contribution < -0.4 is 4.90 Å². The molecule has 0 saturated carbocycles. The topological polar surface area (TPSA) is 9.37 Å². The first-order chi connectivity index (χ1) is 5.29. The number of hydrogen-bond acceptors (Lipinski definition) is 0. The van der Waals surface area contributed by atoms with Crippen LogP contribution in [0.5, 0.6) is 0 Å². The van der Waals surface area contributed by atoms with Gasteiger partial charge in [-0.15, -0.1) is 0 Å². The Kier molecular flexibility index (Phi) is 1.50. The minimum absolute atomic E-state index is 0.666. The van der Waals surface area contributed by atoms with E-state index in [9.17, 15) is 0 Å². The molecule has 0 aromatic carbocycles. The van der Waals surface area contributed by atoms with Crippen LogP contribution in [0.4, 0.5) is 0 Å². The van der Waals surface area contributed by atoms with E-state index in [1.807, 2.05) is 0 Å². The van der Waals surface area contributed by atoms with E-state index in [0.29, 0.717) is 6.04 Å². The lowest BCUT2D eigenvalue weighted by atomic mass is 10.2. The maximum atomic E-state index is 2.36. The highest BCUT2D eigenvalue weighted by Crippen LogP contribution is 2.12. The van der Waals surface area contributed by atoms with Crippen LogP contribution in [0.25, 0.3) is 0 Å². The summed E-state index contributed by atoms with van der Waals surface area (Å²) < 4.78 is 2.36. The summed E-state index contributed by atoms with van der Waals surface area (Å²) in [5.74, 6) is 0. The molecule has 1 N–H and O–H groups in total. The van der Waals surface area contributed by atoms with Crippen LogP contribution in [0.2, 0.25) is 0 Å². The Morgan fingerprint density at radius 2 is 2.45 bits per heavy atom. The summed E-state index contributed by atoms with van der Waals surface area (Å²) in [5, 5.41) is 0. The molecule has 1 unspecified atom stereocenters. The average molecular weight is 151 g/mol. The fourth-order valence-electron chi connectivity index (χ4n) is 1.79. The fourth-order valence-corrected chi connectivity index (χ4v) is 1.79. The molecular weight excluding hydrogens is 136 g/mol. The minimum atomic E-state index is 0.666. The number of rotatable bonds is 0. The molecule has 2 nitrogen and oxygen atoms in total. The van der Waals surface area contributed by atoms with Gasteiger partial charge in [-0.1, -0.05) is 0 Å². The highest BCUT2D eigenvalue weighted by atomic mass is 15.2. The summed E-state index contributed by atoms with van der Waals surface area (Å²) in [4.78, 5) is 1.62. The molecule has 0 fully saturated rings. The normalized spacial score (nSPS) is 30.0. The Morgan fingerprint density at radius 3 is 3.27 bits per heavy atom. The van der Waals surface area contributed by atoms with Crippen LogP contribution in [0.3, 0.4) is 0 Å². The van der Waals surface area contributed by atoms with Gasteiger partial charge in [-0.25, -0.2) is 0 Å². The number of nitrogens with zero attached hydrogens (tertiary/aromatic N) is 1. The first kappa shape index (κ1) is 6.92. The van der Waals surface area contributed by atoms with Gasteiger partial charge in [0, 0.05) is 6.20 Å². The van der Waals surface area contributed by atoms with E-state index in [2.05, 4.69) is 36.9 Å². The summed E-state index contributed by atoms with van der Waals surface area (Å²) in [6.45, 7) is 4.72. The van der Waals surface area contributed by atoms with Gasteiger partial charge in [0.25, 0.3) is 0 Å². The second-order valence-electron chi connectivity index (χ2n) is 3.44. The lowest BCUT2D eigenvalue weighted by Crippen LogP contribution is -3.10. The predicted molar refractivity (Wildman–Crippen MR) is 44.6 cm³/mol. The lowest BCUT2D eigenvalue weighted by Gasteiger charge is -2.28. The zero-order valence-electron chi connectivity index (χ0n) is 7.17. The molecule has 2 heterocycles. The van der Waals surface area contributed by atoms with Gasteiger partial charge < -0.3 is 9.47 Å². The van der Waals surface area contributed by atoms with Crippen molar-refractivity contribution in [3.05, 3.63) is 24.0 Å². The van der Waals surface area contributed by atoms with Crippen molar-refractivity contribution in [3.63, 3.8) is 0 Å². The molecule has 1 aliphatic heterocycles. The summed E-state index contributed by atoms with van der Waals surface area (Å²) in [6.07, 6.45) is 2.18. The van der Waals surface area contributed by atoms with Gasteiger partial charge in [-0.2, -0.15) is 0 Å². The molecule has 0 saturated heterocycles. The van der Waals surface area contributed by atoms with Crippen LogP contribution >= 0.6 is 0 Å². The standard InChI is InChI=1S/C9H14N2/c1-8-9-4-3-5-11(9)7-6-10(8)2/h3-5,8H,6-7H2,1-2H3/p+1/t8-/m0/s1. The number of quaternary nitrogens is 1. The Labute approximate surface area is 67.4 Å². The summed E-state index contributed by atoms with van der Waals surface area (Å²) in [5.41, 5.74) is 1.48. The maximum absolute atomic E-state index is 2.36. The van der Waals surface area contributed by atoms with E-state index in [4.69, 9.17) is 0 Å². The third kappa shape index (κ3) is 0.979. The number of aromatic nitrogens is 1. The number of hydrogen-bond donors (Lipinski definition) is 1.